The molecule has 0 atom stereocenters. The Hall–Kier alpha value is -0.500. The maximum atomic E-state index is 3.15. The van der Waals surface area contributed by atoms with E-state index in [1.54, 1.807) is 0 Å². The molecule has 0 aliphatic carbocycles. The molecule has 138 valence electrons. The maximum Gasteiger partial charge on any atom is 0.0145 e. The summed E-state index contributed by atoms with van der Waals surface area (Å²) in [6, 6.07) is 0. The third-order valence-corrected chi connectivity index (χ3v) is 4.40. The van der Waals surface area contributed by atoms with Crippen molar-refractivity contribution in [1.82, 2.24) is 10.9 Å². The number of allylic oxidation sites excluding steroid dienone is 1. The lowest BCUT2D eigenvalue weighted by molar-refractivity contribution is 0.536. The van der Waals surface area contributed by atoms with Crippen LogP contribution < -0.4 is 10.9 Å². The average Bonchev–Trinajstić information content (AvgIpc) is 2.57. The van der Waals surface area contributed by atoms with E-state index in [9.17, 15) is 0 Å². The van der Waals surface area contributed by atoms with Gasteiger partial charge in [-0.2, -0.15) is 0 Å². The first-order valence-corrected chi connectivity index (χ1v) is 10.5. The van der Waals surface area contributed by atoms with Crippen LogP contribution in [0, 0.1) is 0 Å². The molecule has 0 aromatic rings. The van der Waals surface area contributed by atoms with Crippen LogP contribution in [0.1, 0.15) is 117 Å². The predicted molar refractivity (Wildman–Crippen MR) is 105 cm³/mol. The third kappa shape index (κ3) is 21.5. The van der Waals surface area contributed by atoms with Gasteiger partial charge in [0.05, 0.1) is 0 Å². The molecule has 2 N–H and O–H groups in total. The Morgan fingerprint density at radius 2 is 1.04 bits per heavy atom. The Bertz CT molecular complexity index is 226. The summed E-state index contributed by atoms with van der Waals surface area (Å²) in [6.07, 6.45) is 26.7. The second-order valence-electron chi connectivity index (χ2n) is 6.86. The number of hydrogen-bond donors (Lipinski definition) is 2. The molecule has 0 spiro atoms. The summed E-state index contributed by atoms with van der Waals surface area (Å²) < 4.78 is 0. The van der Waals surface area contributed by atoms with E-state index in [1.807, 2.05) is 6.20 Å². The molecule has 0 rings (SSSR count). The molecule has 0 bridgehead atoms. The first kappa shape index (κ1) is 22.5. The Morgan fingerprint density at radius 1 is 0.565 bits per heavy atom. The van der Waals surface area contributed by atoms with Crippen molar-refractivity contribution in [2.75, 3.05) is 6.54 Å². The highest BCUT2D eigenvalue weighted by Gasteiger charge is 1.93. The highest BCUT2D eigenvalue weighted by Crippen LogP contribution is 2.13. The molecule has 0 aliphatic heterocycles. The van der Waals surface area contributed by atoms with Crippen LogP contribution in [0.5, 0.6) is 0 Å². The highest BCUT2D eigenvalue weighted by atomic mass is 15.3. The monoisotopic (exact) mass is 324 g/mol. The summed E-state index contributed by atoms with van der Waals surface area (Å²) in [6.45, 7) is 5.50. The SMILES string of the molecule is CCCCCCCCCCCCCCCC/C=C/NNCCC. The first-order valence-electron chi connectivity index (χ1n) is 10.5. The van der Waals surface area contributed by atoms with Gasteiger partial charge in [0.25, 0.3) is 0 Å². The topological polar surface area (TPSA) is 24.1 Å². The van der Waals surface area contributed by atoms with Crippen LogP contribution in [0.15, 0.2) is 12.3 Å². The van der Waals surface area contributed by atoms with E-state index in [-0.39, 0.29) is 0 Å². The van der Waals surface area contributed by atoms with Gasteiger partial charge in [0, 0.05) is 12.7 Å². The fourth-order valence-corrected chi connectivity index (χ4v) is 2.86. The van der Waals surface area contributed by atoms with Gasteiger partial charge in [-0.1, -0.05) is 103 Å². The zero-order valence-corrected chi connectivity index (χ0v) is 16.2. The number of unbranched alkanes of at least 4 members (excludes halogenated alkanes) is 14. The van der Waals surface area contributed by atoms with Crippen molar-refractivity contribution in [3.8, 4) is 0 Å². The van der Waals surface area contributed by atoms with Crippen molar-refractivity contribution < 1.29 is 0 Å². The largest absolute Gasteiger partial charge is 0.329 e. The molecule has 2 heteroatoms. The van der Waals surface area contributed by atoms with E-state index in [2.05, 4.69) is 30.8 Å². The highest BCUT2D eigenvalue weighted by molar-refractivity contribution is 4.77. The quantitative estimate of drug-likeness (QED) is 0.200. The molecular formula is C21H44N2. The molecule has 0 amide bonds. The molecule has 0 aliphatic rings. The first-order chi connectivity index (χ1) is 11.4. The number of hydrogen-bond acceptors (Lipinski definition) is 2. The lowest BCUT2D eigenvalue weighted by Crippen LogP contribution is -2.26. The Labute approximate surface area is 146 Å². The molecular weight excluding hydrogens is 280 g/mol. The Balaban J connectivity index is 3.00. The molecule has 0 aromatic heterocycles. The van der Waals surface area contributed by atoms with Crippen molar-refractivity contribution in [2.45, 2.75) is 117 Å². The standard InChI is InChI=1S/C21H44N2/c1-3-5-6-7-8-9-10-11-12-13-14-15-16-17-18-19-21-23-22-20-4-2/h19,21-23H,3-18,20H2,1-2H3/b21-19+. The smallest absolute Gasteiger partial charge is 0.0145 e. The predicted octanol–water partition coefficient (Wildman–Crippen LogP) is 6.88. The summed E-state index contributed by atoms with van der Waals surface area (Å²) in [5, 5.41) is 0. The Morgan fingerprint density at radius 3 is 1.52 bits per heavy atom. The Kier molecular flexibility index (Phi) is 21.0. The second kappa shape index (κ2) is 21.5. The van der Waals surface area contributed by atoms with Crippen LogP contribution >= 0.6 is 0 Å². The van der Waals surface area contributed by atoms with E-state index in [0.29, 0.717) is 0 Å². The van der Waals surface area contributed by atoms with Gasteiger partial charge in [0.15, 0.2) is 0 Å². The molecule has 2 nitrogen and oxygen atoms in total. The minimum absolute atomic E-state index is 1.03. The van der Waals surface area contributed by atoms with Crippen LogP contribution in [0.25, 0.3) is 0 Å². The van der Waals surface area contributed by atoms with E-state index in [0.717, 1.165) is 6.54 Å². The van der Waals surface area contributed by atoms with Gasteiger partial charge in [-0.25, -0.2) is 5.43 Å². The van der Waals surface area contributed by atoms with E-state index in [1.165, 1.54) is 103 Å². The molecule has 0 saturated heterocycles. The molecule has 0 saturated carbocycles. The minimum atomic E-state index is 1.03. The number of hydrazine groups is 1. The molecule has 0 unspecified atom stereocenters. The second-order valence-corrected chi connectivity index (χ2v) is 6.86. The molecule has 0 fully saturated rings. The molecule has 0 heterocycles. The van der Waals surface area contributed by atoms with Crippen molar-refractivity contribution in [1.29, 1.82) is 0 Å². The van der Waals surface area contributed by atoms with E-state index < -0.39 is 0 Å². The van der Waals surface area contributed by atoms with Gasteiger partial charge in [0.1, 0.15) is 0 Å². The van der Waals surface area contributed by atoms with E-state index >= 15 is 0 Å². The number of nitrogens with one attached hydrogen (secondary N) is 2. The minimum Gasteiger partial charge on any atom is -0.329 e. The maximum absolute atomic E-state index is 3.15. The van der Waals surface area contributed by atoms with Crippen LogP contribution in [0.2, 0.25) is 0 Å². The fourth-order valence-electron chi connectivity index (χ4n) is 2.86. The van der Waals surface area contributed by atoms with Crippen LogP contribution in [0.4, 0.5) is 0 Å². The summed E-state index contributed by atoms with van der Waals surface area (Å²) in [5.74, 6) is 0. The zero-order chi connectivity index (χ0) is 16.8. The van der Waals surface area contributed by atoms with Crippen LogP contribution in [-0.4, -0.2) is 6.54 Å². The van der Waals surface area contributed by atoms with Gasteiger partial charge in [-0.15, -0.1) is 0 Å². The summed E-state index contributed by atoms with van der Waals surface area (Å²) in [7, 11) is 0. The van der Waals surface area contributed by atoms with Crippen molar-refractivity contribution in [2.24, 2.45) is 0 Å². The summed E-state index contributed by atoms with van der Waals surface area (Å²) >= 11 is 0. The van der Waals surface area contributed by atoms with Gasteiger partial charge in [-0.05, 0) is 19.3 Å². The van der Waals surface area contributed by atoms with E-state index in [4.69, 9.17) is 0 Å². The summed E-state index contributed by atoms with van der Waals surface area (Å²) in [4.78, 5) is 0. The van der Waals surface area contributed by atoms with Gasteiger partial charge < -0.3 is 5.43 Å². The molecule has 23 heavy (non-hydrogen) atoms. The fraction of sp³-hybridized carbons (Fsp3) is 0.905. The van der Waals surface area contributed by atoms with Crippen molar-refractivity contribution >= 4 is 0 Å². The lowest BCUT2D eigenvalue weighted by Gasteiger charge is -2.03. The lowest BCUT2D eigenvalue weighted by atomic mass is 10.0. The normalized spacial score (nSPS) is 11.4. The number of rotatable bonds is 19. The van der Waals surface area contributed by atoms with Crippen LogP contribution in [-0.2, 0) is 0 Å². The van der Waals surface area contributed by atoms with Crippen molar-refractivity contribution in [3.05, 3.63) is 12.3 Å². The molecule has 0 radical (unpaired) electrons. The van der Waals surface area contributed by atoms with Gasteiger partial charge >= 0.3 is 0 Å². The zero-order valence-electron chi connectivity index (χ0n) is 16.2. The third-order valence-electron chi connectivity index (χ3n) is 4.40. The molecule has 0 aromatic carbocycles. The van der Waals surface area contributed by atoms with Crippen molar-refractivity contribution in [3.63, 3.8) is 0 Å². The average molecular weight is 325 g/mol. The summed E-state index contributed by atoms with van der Waals surface area (Å²) in [5.41, 5.74) is 6.26. The van der Waals surface area contributed by atoms with Crippen LogP contribution in [0.3, 0.4) is 0 Å². The van der Waals surface area contributed by atoms with Gasteiger partial charge in [-0.3, -0.25) is 0 Å². The van der Waals surface area contributed by atoms with Gasteiger partial charge in [0.2, 0.25) is 0 Å².